The van der Waals surface area contributed by atoms with Gasteiger partial charge in [0, 0.05) is 24.4 Å². The van der Waals surface area contributed by atoms with E-state index in [4.69, 9.17) is 4.74 Å². The molecule has 2 fully saturated rings. The molecule has 2 amide bonds. The number of rotatable bonds is 7. The predicted octanol–water partition coefficient (Wildman–Crippen LogP) is 3.92. The maximum Gasteiger partial charge on any atom is 0.407 e. The second kappa shape index (κ2) is 9.12. The Labute approximate surface area is 198 Å². The fourth-order valence-electron chi connectivity index (χ4n) is 6.03. The van der Waals surface area contributed by atoms with Crippen LogP contribution in [0.4, 0.5) is 4.79 Å². The van der Waals surface area contributed by atoms with E-state index in [9.17, 15) is 19.5 Å². The molecule has 0 bridgehead atoms. The number of amides is 2. The van der Waals surface area contributed by atoms with Crippen LogP contribution in [0.1, 0.15) is 49.7 Å². The molecule has 34 heavy (non-hydrogen) atoms. The number of alkyl carbamates (subject to hydrolysis) is 1. The Morgan fingerprint density at radius 2 is 1.65 bits per heavy atom. The lowest BCUT2D eigenvalue weighted by Crippen LogP contribution is -2.51. The lowest BCUT2D eigenvalue weighted by atomic mass is 9.71. The fourth-order valence-corrected chi connectivity index (χ4v) is 6.03. The van der Waals surface area contributed by atoms with E-state index in [1.54, 1.807) is 6.92 Å². The van der Waals surface area contributed by atoms with E-state index in [-0.39, 0.29) is 48.8 Å². The Balaban J connectivity index is 1.09. The SMILES string of the molecule is C[C@@H](CC(=O)N[C@H]1C[C@H]2CC(C(=O)O)C[C@H]21)NC(=O)OCC1c2ccccc2-c2ccccc21. The van der Waals surface area contributed by atoms with Crippen molar-refractivity contribution in [2.24, 2.45) is 17.8 Å². The molecule has 3 N–H and O–H groups in total. The van der Waals surface area contributed by atoms with E-state index in [1.165, 1.54) is 11.1 Å². The summed E-state index contributed by atoms with van der Waals surface area (Å²) in [6.45, 7) is 2.01. The van der Waals surface area contributed by atoms with Crippen molar-refractivity contribution in [3.63, 3.8) is 0 Å². The van der Waals surface area contributed by atoms with E-state index in [1.807, 2.05) is 24.3 Å². The number of hydrogen-bond donors (Lipinski definition) is 3. The smallest absolute Gasteiger partial charge is 0.407 e. The van der Waals surface area contributed by atoms with Gasteiger partial charge in [-0.2, -0.15) is 0 Å². The molecule has 0 saturated heterocycles. The standard InChI is InChI=1S/C27H30N2O5/c1-15(10-25(30)29-24-13-16-11-17(26(31)32)12-22(16)24)28-27(33)34-14-23-20-8-4-2-6-18(20)19-7-3-5-9-21(19)23/h2-9,15-17,22-24H,10-14H2,1H3,(H,28,33)(H,29,30)(H,31,32)/t15-,16+,17?,22+,24-/m0/s1. The minimum absolute atomic E-state index is 0.00985. The number of hydrogen-bond acceptors (Lipinski definition) is 4. The summed E-state index contributed by atoms with van der Waals surface area (Å²) in [7, 11) is 0. The van der Waals surface area contributed by atoms with Crippen molar-refractivity contribution in [1.82, 2.24) is 10.6 Å². The molecule has 0 heterocycles. The van der Waals surface area contributed by atoms with E-state index >= 15 is 0 Å². The number of nitrogens with one attached hydrogen (secondary N) is 2. The highest BCUT2D eigenvalue weighted by Gasteiger charge is 2.49. The molecule has 0 aromatic heterocycles. The Morgan fingerprint density at radius 3 is 2.29 bits per heavy atom. The zero-order valence-electron chi connectivity index (χ0n) is 19.2. The van der Waals surface area contributed by atoms with Crippen LogP contribution < -0.4 is 10.6 Å². The first-order valence-electron chi connectivity index (χ1n) is 12.0. The molecule has 7 nitrogen and oxygen atoms in total. The predicted molar refractivity (Wildman–Crippen MR) is 126 cm³/mol. The van der Waals surface area contributed by atoms with Crippen molar-refractivity contribution >= 4 is 18.0 Å². The zero-order valence-corrected chi connectivity index (χ0v) is 19.2. The third-order valence-electron chi connectivity index (χ3n) is 7.72. The molecule has 0 radical (unpaired) electrons. The van der Waals surface area contributed by atoms with Crippen molar-refractivity contribution in [1.29, 1.82) is 0 Å². The lowest BCUT2D eigenvalue weighted by molar-refractivity contribution is -0.141. The van der Waals surface area contributed by atoms with Gasteiger partial charge in [0.1, 0.15) is 6.61 Å². The maximum atomic E-state index is 12.5. The van der Waals surface area contributed by atoms with Crippen LogP contribution in [0.3, 0.4) is 0 Å². The number of carbonyl (C=O) groups is 3. The fraction of sp³-hybridized carbons (Fsp3) is 0.444. The molecule has 2 saturated carbocycles. The number of benzene rings is 2. The second-order valence-corrected chi connectivity index (χ2v) is 9.92. The number of fused-ring (bicyclic) bond motifs is 4. The average Bonchev–Trinajstić information content (AvgIpc) is 3.31. The second-order valence-electron chi connectivity index (χ2n) is 9.92. The van der Waals surface area contributed by atoms with Gasteiger partial charge in [0.25, 0.3) is 0 Å². The van der Waals surface area contributed by atoms with Gasteiger partial charge in [-0.3, -0.25) is 9.59 Å². The van der Waals surface area contributed by atoms with Gasteiger partial charge in [-0.1, -0.05) is 48.5 Å². The summed E-state index contributed by atoms with van der Waals surface area (Å²) in [5.74, 6) is -0.497. The Hall–Kier alpha value is -3.35. The van der Waals surface area contributed by atoms with Crippen LogP contribution in [0.25, 0.3) is 11.1 Å². The molecule has 7 heteroatoms. The summed E-state index contributed by atoms with van der Waals surface area (Å²) in [5, 5.41) is 15.0. The summed E-state index contributed by atoms with van der Waals surface area (Å²) < 4.78 is 5.56. The van der Waals surface area contributed by atoms with Gasteiger partial charge < -0.3 is 20.5 Å². The number of carboxylic acids is 1. The average molecular weight is 463 g/mol. The topological polar surface area (TPSA) is 105 Å². The minimum Gasteiger partial charge on any atom is -0.481 e. The Kier molecular flexibility index (Phi) is 6.02. The molecule has 5 atom stereocenters. The van der Waals surface area contributed by atoms with Crippen LogP contribution in [0.15, 0.2) is 48.5 Å². The van der Waals surface area contributed by atoms with Gasteiger partial charge in [-0.05, 0) is 60.3 Å². The van der Waals surface area contributed by atoms with Crippen molar-refractivity contribution in [3.8, 4) is 11.1 Å². The molecule has 178 valence electrons. The number of carboxylic acid groups (broad SMARTS) is 1. The summed E-state index contributed by atoms with van der Waals surface area (Å²) in [6.07, 6.45) is 1.81. The van der Waals surface area contributed by atoms with Crippen LogP contribution in [-0.2, 0) is 14.3 Å². The highest BCUT2D eigenvalue weighted by atomic mass is 16.5. The van der Waals surface area contributed by atoms with Crippen molar-refractivity contribution in [2.45, 2.75) is 50.6 Å². The molecule has 2 aromatic carbocycles. The first-order chi connectivity index (χ1) is 16.4. The van der Waals surface area contributed by atoms with Crippen molar-refractivity contribution in [2.75, 3.05) is 6.61 Å². The van der Waals surface area contributed by atoms with Crippen LogP contribution in [0.5, 0.6) is 0 Å². The van der Waals surface area contributed by atoms with Crippen LogP contribution >= 0.6 is 0 Å². The third kappa shape index (κ3) is 4.27. The van der Waals surface area contributed by atoms with Gasteiger partial charge >= 0.3 is 12.1 Å². The molecular formula is C27H30N2O5. The molecule has 0 aliphatic heterocycles. The van der Waals surface area contributed by atoms with Crippen LogP contribution in [0.2, 0.25) is 0 Å². The Bertz CT molecular complexity index is 1070. The monoisotopic (exact) mass is 462 g/mol. The summed E-state index contributed by atoms with van der Waals surface area (Å²) in [5.41, 5.74) is 4.65. The highest BCUT2D eigenvalue weighted by molar-refractivity contribution is 5.80. The normalized spacial score (nSPS) is 25.3. The van der Waals surface area contributed by atoms with Crippen LogP contribution in [0, 0.1) is 17.8 Å². The highest BCUT2D eigenvalue weighted by Crippen LogP contribution is 2.49. The van der Waals surface area contributed by atoms with Crippen LogP contribution in [-0.4, -0.2) is 41.8 Å². The molecule has 0 spiro atoms. The minimum atomic E-state index is -0.736. The number of aliphatic carboxylic acids is 1. The third-order valence-corrected chi connectivity index (χ3v) is 7.72. The number of ether oxygens (including phenoxy) is 1. The van der Waals surface area contributed by atoms with E-state index < -0.39 is 12.1 Å². The molecular weight excluding hydrogens is 432 g/mol. The summed E-state index contributed by atoms with van der Waals surface area (Å²) >= 11 is 0. The molecule has 1 unspecified atom stereocenters. The first kappa shape index (κ1) is 22.4. The van der Waals surface area contributed by atoms with E-state index in [0.29, 0.717) is 18.8 Å². The van der Waals surface area contributed by atoms with Gasteiger partial charge in [0.05, 0.1) is 5.92 Å². The van der Waals surface area contributed by atoms with Gasteiger partial charge in [0.2, 0.25) is 5.91 Å². The molecule has 2 aromatic rings. The summed E-state index contributed by atoms with van der Waals surface area (Å²) in [4.78, 5) is 36.1. The molecule has 5 rings (SSSR count). The molecule has 3 aliphatic carbocycles. The maximum absolute atomic E-state index is 12.5. The van der Waals surface area contributed by atoms with E-state index in [2.05, 4.69) is 34.9 Å². The largest absolute Gasteiger partial charge is 0.481 e. The Morgan fingerprint density at radius 1 is 1.00 bits per heavy atom. The zero-order chi connectivity index (χ0) is 23.8. The molecule has 3 aliphatic rings. The summed E-state index contributed by atoms with van der Waals surface area (Å²) in [6, 6.07) is 16.0. The van der Waals surface area contributed by atoms with Crippen molar-refractivity contribution in [3.05, 3.63) is 59.7 Å². The quantitative estimate of drug-likeness (QED) is 0.579. The van der Waals surface area contributed by atoms with Crippen molar-refractivity contribution < 1.29 is 24.2 Å². The van der Waals surface area contributed by atoms with Gasteiger partial charge in [-0.25, -0.2) is 4.79 Å². The van der Waals surface area contributed by atoms with Gasteiger partial charge in [-0.15, -0.1) is 0 Å². The van der Waals surface area contributed by atoms with Gasteiger partial charge in [0.15, 0.2) is 0 Å². The lowest BCUT2D eigenvalue weighted by Gasteiger charge is -2.41. The van der Waals surface area contributed by atoms with E-state index in [0.717, 1.165) is 17.5 Å². The first-order valence-corrected chi connectivity index (χ1v) is 12.0. The number of carbonyl (C=O) groups excluding carboxylic acids is 2.